The van der Waals surface area contributed by atoms with Crippen molar-refractivity contribution in [1.29, 1.82) is 0 Å². The highest BCUT2D eigenvalue weighted by atomic mass is 35.5. The Kier molecular flexibility index (Phi) is 7.07. The molecular weight excluding hydrogens is 352 g/mol. The number of carbonyl (C=O) groups is 1. The highest BCUT2D eigenvalue weighted by molar-refractivity contribution is 7.90. The maximum Gasteiger partial charge on any atom is 0.238 e. The molecule has 0 aliphatic heterocycles. The van der Waals surface area contributed by atoms with E-state index in [0.717, 1.165) is 0 Å². The lowest BCUT2D eigenvalue weighted by molar-refractivity contribution is -0.118. The van der Waals surface area contributed by atoms with E-state index in [2.05, 4.69) is 5.32 Å². The Balaban J connectivity index is 2.76. The number of rotatable bonds is 7. The van der Waals surface area contributed by atoms with Crippen molar-refractivity contribution in [1.82, 2.24) is 4.90 Å². The molecule has 1 rings (SSSR count). The van der Waals surface area contributed by atoms with Crippen molar-refractivity contribution in [2.45, 2.75) is 26.3 Å². The van der Waals surface area contributed by atoms with Crippen LogP contribution in [0.2, 0.25) is 5.02 Å². The Morgan fingerprint density at radius 2 is 1.96 bits per heavy atom. The third-order valence-electron chi connectivity index (χ3n) is 3.45. The molecule has 0 aliphatic rings. The van der Waals surface area contributed by atoms with Crippen LogP contribution in [0.25, 0.3) is 0 Å². The van der Waals surface area contributed by atoms with Gasteiger partial charge in [-0.25, -0.2) is 8.42 Å². The van der Waals surface area contributed by atoms with E-state index < -0.39 is 9.84 Å². The Morgan fingerprint density at radius 3 is 2.42 bits per heavy atom. The van der Waals surface area contributed by atoms with Gasteiger partial charge in [0.15, 0.2) is 0 Å². The SMILES string of the molecule is COc1ccc(NC(=O)CN(CCS(C)(=O)=O)C(C)(C)C)cc1Cl. The fourth-order valence-electron chi connectivity index (χ4n) is 2.05. The summed E-state index contributed by atoms with van der Waals surface area (Å²) in [6, 6.07) is 4.97. The molecule has 0 heterocycles. The molecule has 1 N–H and O–H groups in total. The number of ether oxygens (including phenoxy) is 1. The number of sulfone groups is 1. The molecule has 136 valence electrons. The summed E-state index contributed by atoms with van der Waals surface area (Å²) in [5, 5.41) is 3.17. The van der Waals surface area contributed by atoms with Crippen molar-refractivity contribution in [3.8, 4) is 5.75 Å². The molecule has 0 atom stereocenters. The van der Waals surface area contributed by atoms with Gasteiger partial charge in [-0.15, -0.1) is 0 Å². The average molecular weight is 377 g/mol. The third-order valence-corrected chi connectivity index (χ3v) is 4.67. The second-order valence-corrected chi connectivity index (χ2v) is 9.29. The zero-order valence-electron chi connectivity index (χ0n) is 14.7. The van der Waals surface area contributed by atoms with E-state index in [4.69, 9.17) is 16.3 Å². The van der Waals surface area contributed by atoms with Crippen molar-refractivity contribution in [3.63, 3.8) is 0 Å². The number of halogens is 1. The number of nitrogens with zero attached hydrogens (tertiary/aromatic N) is 1. The van der Waals surface area contributed by atoms with E-state index in [1.54, 1.807) is 18.2 Å². The first-order chi connectivity index (χ1) is 10.9. The Hall–Kier alpha value is -1.31. The molecule has 0 spiro atoms. The Morgan fingerprint density at radius 1 is 1.33 bits per heavy atom. The first-order valence-corrected chi connectivity index (χ1v) is 9.92. The van der Waals surface area contributed by atoms with Crippen LogP contribution in [0.4, 0.5) is 5.69 Å². The van der Waals surface area contributed by atoms with E-state index in [-0.39, 0.29) is 23.7 Å². The van der Waals surface area contributed by atoms with Crippen molar-refractivity contribution in [3.05, 3.63) is 23.2 Å². The molecule has 8 heteroatoms. The lowest BCUT2D eigenvalue weighted by atomic mass is 10.1. The number of methoxy groups -OCH3 is 1. The Labute approximate surface area is 149 Å². The summed E-state index contributed by atoms with van der Waals surface area (Å²) in [7, 11) is -1.58. The number of nitrogens with one attached hydrogen (secondary N) is 1. The van der Waals surface area contributed by atoms with Gasteiger partial charge in [-0.2, -0.15) is 0 Å². The fraction of sp³-hybridized carbons (Fsp3) is 0.562. The molecule has 0 fully saturated rings. The van der Waals surface area contributed by atoms with Gasteiger partial charge >= 0.3 is 0 Å². The van der Waals surface area contributed by atoms with Crippen LogP contribution in [-0.4, -0.2) is 57.0 Å². The van der Waals surface area contributed by atoms with Gasteiger partial charge in [-0.1, -0.05) is 11.6 Å². The summed E-state index contributed by atoms with van der Waals surface area (Å²) in [5.41, 5.74) is 0.224. The second kappa shape index (κ2) is 8.18. The second-order valence-electron chi connectivity index (χ2n) is 6.62. The third kappa shape index (κ3) is 7.07. The minimum atomic E-state index is -3.09. The topological polar surface area (TPSA) is 75.7 Å². The minimum Gasteiger partial charge on any atom is -0.495 e. The molecule has 0 unspecified atom stereocenters. The molecule has 0 bridgehead atoms. The maximum absolute atomic E-state index is 12.3. The van der Waals surface area contributed by atoms with Gasteiger partial charge in [0.2, 0.25) is 5.91 Å². The molecule has 0 aromatic heterocycles. The van der Waals surface area contributed by atoms with Crippen LogP contribution in [-0.2, 0) is 14.6 Å². The zero-order chi connectivity index (χ0) is 18.5. The summed E-state index contributed by atoms with van der Waals surface area (Å²) in [6.07, 6.45) is 1.19. The highest BCUT2D eigenvalue weighted by Crippen LogP contribution is 2.27. The van der Waals surface area contributed by atoms with Crippen molar-refractivity contribution >= 4 is 33.0 Å². The zero-order valence-corrected chi connectivity index (χ0v) is 16.3. The highest BCUT2D eigenvalue weighted by Gasteiger charge is 2.24. The number of carbonyl (C=O) groups excluding carboxylic acids is 1. The van der Waals surface area contributed by atoms with Gasteiger partial charge in [-0.3, -0.25) is 9.69 Å². The van der Waals surface area contributed by atoms with Crippen LogP contribution in [0.3, 0.4) is 0 Å². The molecule has 1 amide bonds. The summed E-state index contributed by atoms with van der Waals surface area (Å²) < 4.78 is 27.8. The standard InChI is InChI=1S/C16H25ClN2O4S/c1-16(2,3)19(8-9-24(5,21)22)11-15(20)18-12-6-7-14(23-4)13(17)10-12/h6-7,10H,8-9,11H2,1-5H3,(H,18,20). The molecule has 0 saturated carbocycles. The fourth-order valence-corrected chi connectivity index (χ4v) is 2.86. The number of anilines is 1. The predicted octanol–water partition coefficient (Wildman–Crippen LogP) is 2.43. The van der Waals surface area contributed by atoms with Gasteiger partial charge in [0.25, 0.3) is 0 Å². The summed E-state index contributed by atoms with van der Waals surface area (Å²) in [5.74, 6) is 0.296. The molecule has 0 saturated heterocycles. The molecular formula is C16H25ClN2O4S. The number of hydrogen-bond donors (Lipinski definition) is 1. The van der Waals surface area contributed by atoms with Gasteiger partial charge in [-0.05, 0) is 39.0 Å². The molecule has 0 radical (unpaired) electrons. The maximum atomic E-state index is 12.3. The molecule has 1 aromatic rings. The normalized spacial score (nSPS) is 12.3. The smallest absolute Gasteiger partial charge is 0.238 e. The molecule has 1 aromatic carbocycles. The number of benzene rings is 1. The first-order valence-electron chi connectivity index (χ1n) is 7.48. The van der Waals surface area contributed by atoms with Crippen LogP contribution in [0.5, 0.6) is 5.75 Å². The van der Waals surface area contributed by atoms with Gasteiger partial charge < -0.3 is 10.1 Å². The van der Waals surface area contributed by atoms with Crippen LogP contribution in [0, 0.1) is 0 Å². The van der Waals surface area contributed by atoms with E-state index in [0.29, 0.717) is 23.0 Å². The van der Waals surface area contributed by atoms with E-state index >= 15 is 0 Å². The average Bonchev–Trinajstić information content (AvgIpc) is 2.41. The van der Waals surface area contributed by atoms with Gasteiger partial charge in [0.1, 0.15) is 15.6 Å². The quantitative estimate of drug-likeness (QED) is 0.790. The van der Waals surface area contributed by atoms with Crippen LogP contribution >= 0.6 is 11.6 Å². The van der Waals surface area contributed by atoms with Crippen LogP contribution in [0.15, 0.2) is 18.2 Å². The lowest BCUT2D eigenvalue weighted by Gasteiger charge is -2.34. The van der Waals surface area contributed by atoms with Gasteiger partial charge in [0, 0.05) is 24.0 Å². The summed E-state index contributed by atoms with van der Waals surface area (Å²) in [6.45, 7) is 6.19. The van der Waals surface area contributed by atoms with E-state index in [1.165, 1.54) is 13.4 Å². The molecule has 6 nitrogen and oxygen atoms in total. The van der Waals surface area contributed by atoms with Crippen LogP contribution in [0.1, 0.15) is 20.8 Å². The number of hydrogen-bond acceptors (Lipinski definition) is 5. The Bertz CT molecular complexity index is 684. The van der Waals surface area contributed by atoms with Crippen molar-refractivity contribution in [2.24, 2.45) is 0 Å². The van der Waals surface area contributed by atoms with E-state index in [9.17, 15) is 13.2 Å². The largest absolute Gasteiger partial charge is 0.495 e. The summed E-state index contributed by atoms with van der Waals surface area (Å²) >= 11 is 6.04. The summed E-state index contributed by atoms with van der Waals surface area (Å²) in [4.78, 5) is 14.1. The van der Waals surface area contributed by atoms with E-state index in [1.807, 2.05) is 25.7 Å². The number of amides is 1. The van der Waals surface area contributed by atoms with Gasteiger partial charge in [0.05, 0.1) is 24.4 Å². The molecule has 24 heavy (non-hydrogen) atoms. The first kappa shape index (κ1) is 20.7. The lowest BCUT2D eigenvalue weighted by Crippen LogP contribution is -2.47. The molecule has 0 aliphatic carbocycles. The predicted molar refractivity (Wildman–Crippen MR) is 97.7 cm³/mol. The van der Waals surface area contributed by atoms with Crippen LogP contribution < -0.4 is 10.1 Å². The minimum absolute atomic E-state index is 0.00587. The monoisotopic (exact) mass is 376 g/mol. The van der Waals surface area contributed by atoms with Crippen molar-refractivity contribution in [2.75, 3.05) is 37.5 Å². The van der Waals surface area contributed by atoms with Crippen molar-refractivity contribution < 1.29 is 17.9 Å².